The molecule has 0 aliphatic carbocycles. The zero-order chi connectivity index (χ0) is 22.3. The molecule has 3 aromatic rings. The molecule has 32 heavy (non-hydrogen) atoms. The van der Waals surface area contributed by atoms with Gasteiger partial charge in [0.2, 0.25) is 5.91 Å². The van der Waals surface area contributed by atoms with E-state index < -0.39 is 11.9 Å². The zero-order valence-electron chi connectivity index (χ0n) is 17.9. The van der Waals surface area contributed by atoms with E-state index in [0.29, 0.717) is 31.3 Å². The van der Waals surface area contributed by atoms with E-state index in [4.69, 9.17) is 14.2 Å². The Hall–Kier alpha value is -3.80. The summed E-state index contributed by atoms with van der Waals surface area (Å²) < 4.78 is 16.7. The van der Waals surface area contributed by atoms with E-state index in [-0.39, 0.29) is 12.3 Å². The summed E-state index contributed by atoms with van der Waals surface area (Å²) in [5.74, 6) is 0.837. The van der Waals surface area contributed by atoms with Crippen molar-refractivity contribution in [2.45, 2.75) is 20.0 Å². The van der Waals surface area contributed by atoms with Crippen molar-refractivity contribution in [1.29, 1.82) is 0 Å². The smallest absolute Gasteiger partial charge is 0.316 e. The Morgan fingerprint density at radius 3 is 2.19 bits per heavy atom. The van der Waals surface area contributed by atoms with Gasteiger partial charge in [0.1, 0.15) is 23.9 Å². The van der Waals surface area contributed by atoms with Crippen molar-refractivity contribution >= 4 is 17.6 Å². The molecule has 0 spiro atoms. The molecule has 1 heterocycles. The zero-order valence-corrected chi connectivity index (χ0v) is 17.9. The monoisotopic (exact) mass is 431 g/mol. The van der Waals surface area contributed by atoms with Crippen molar-refractivity contribution in [3.05, 3.63) is 84.4 Å². The maximum atomic E-state index is 12.6. The average Bonchev–Trinajstić information content (AvgIpc) is 3.22. The minimum absolute atomic E-state index is 0.0965. The van der Waals surface area contributed by atoms with Gasteiger partial charge in [-0.3, -0.25) is 9.59 Å². The van der Waals surface area contributed by atoms with Crippen LogP contribution in [0.3, 0.4) is 0 Å². The maximum Gasteiger partial charge on any atom is 0.316 e. The Morgan fingerprint density at radius 2 is 1.50 bits per heavy atom. The molecule has 6 nitrogen and oxygen atoms in total. The molecule has 1 fully saturated rings. The minimum Gasteiger partial charge on any atom is -0.494 e. The molecule has 0 bridgehead atoms. The molecule has 1 aliphatic rings. The van der Waals surface area contributed by atoms with Crippen LogP contribution in [0.1, 0.15) is 18.9 Å². The number of amides is 1. The quantitative estimate of drug-likeness (QED) is 0.385. The van der Waals surface area contributed by atoms with Gasteiger partial charge >= 0.3 is 5.97 Å². The van der Waals surface area contributed by atoms with E-state index in [2.05, 4.69) is 0 Å². The predicted molar refractivity (Wildman–Crippen MR) is 121 cm³/mol. The molecule has 4 rings (SSSR count). The van der Waals surface area contributed by atoms with Crippen molar-refractivity contribution in [1.82, 2.24) is 0 Å². The SMILES string of the molecule is CCOc1ccc(N2CC(C(=O)Oc3ccc(OCc4ccccc4)cc3)CC2=O)cc1. The molecule has 1 unspecified atom stereocenters. The number of nitrogens with zero attached hydrogens (tertiary/aromatic N) is 1. The fraction of sp³-hybridized carbons (Fsp3) is 0.231. The van der Waals surface area contributed by atoms with Gasteiger partial charge < -0.3 is 19.1 Å². The van der Waals surface area contributed by atoms with Crippen LogP contribution in [0.2, 0.25) is 0 Å². The third kappa shape index (κ3) is 5.27. The van der Waals surface area contributed by atoms with Crippen molar-refractivity contribution in [3.63, 3.8) is 0 Å². The first-order valence-electron chi connectivity index (χ1n) is 10.6. The van der Waals surface area contributed by atoms with E-state index in [1.54, 1.807) is 29.2 Å². The number of hydrogen-bond donors (Lipinski definition) is 0. The molecule has 0 saturated carbocycles. The third-order valence-corrected chi connectivity index (χ3v) is 5.21. The third-order valence-electron chi connectivity index (χ3n) is 5.21. The second-order valence-corrected chi connectivity index (χ2v) is 7.50. The molecule has 6 heteroatoms. The lowest BCUT2D eigenvalue weighted by atomic mass is 10.1. The van der Waals surface area contributed by atoms with Gasteiger partial charge in [-0.2, -0.15) is 0 Å². The molecule has 164 valence electrons. The second-order valence-electron chi connectivity index (χ2n) is 7.50. The molecule has 1 aliphatic heterocycles. The van der Waals surface area contributed by atoms with Gasteiger partial charge in [-0.05, 0) is 61.0 Å². The van der Waals surface area contributed by atoms with E-state index in [1.165, 1.54) is 0 Å². The molecule has 1 atom stereocenters. The van der Waals surface area contributed by atoms with Crippen LogP contribution in [0.25, 0.3) is 0 Å². The van der Waals surface area contributed by atoms with Crippen LogP contribution in [-0.4, -0.2) is 25.0 Å². The Labute approximate surface area is 187 Å². The summed E-state index contributed by atoms with van der Waals surface area (Å²) in [7, 11) is 0. The van der Waals surface area contributed by atoms with Crippen LogP contribution < -0.4 is 19.1 Å². The van der Waals surface area contributed by atoms with Crippen LogP contribution in [0.15, 0.2) is 78.9 Å². The molecular formula is C26H25NO5. The number of carbonyl (C=O) groups excluding carboxylic acids is 2. The average molecular weight is 431 g/mol. The number of esters is 1. The number of carbonyl (C=O) groups is 2. The summed E-state index contributed by atoms with van der Waals surface area (Å²) in [6, 6.07) is 24.1. The lowest BCUT2D eigenvalue weighted by Gasteiger charge is -2.17. The summed E-state index contributed by atoms with van der Waals surface area (Å²) >= 11 is 0. The van der Waals surface area contributed by atoms with Crippen molar-refractivity contribution in [3.8, 4) is 17.2 Å². The van der Waals surface area contributed by atoms with E-state index >= 15 is 0 Å². The first-order chi connectivity index (χ1) is 15.6. The van der Waals surface area contributed by atoms with Gasteiger partial charge in [0.15, 0.2) is 0 Å². The summed E-state index contributed by atoms with van der Waals surface area (Å²) in [5.41, 5.74) is 1.82. The number of ether oxygens (including phenoxy) is 3. The lowest BCUT2D eigenvalue weighted by Crippen LogP contribution is -2.27. The van der Waals surface area contributed by atoms with Gasteiger partial charge in [-0.15, -0.1) is 0 Å². The summed E-state index contributed by atoms with van der Waals surface area (Å²) in [5, 5.41) is 0. The Kier molecular flexibility index (Phi) is 6.70. The number of hydrogen-bond acceptors (Lipinski definition) is 5. The summed E-state index contributed by atoms with van der Waals surface area (Å²) in [6.45, 7) is 3.25. The second kappa shape index (κ2) is 10.0. The fourth-order valence-corrected chi connectivity index (χ4v) is 3.55. The van der Waals surface area contributed by atoms with Gasteiger partial charge in [0.05, 0.1) is 12.5 Å². The van der Waals surface area contributed by atoms with Gasteiger partial charge in [-0.1, -0.05) is 30.3 Å². The highest BCUT2D eigenvalue weighted by atomic mass is 16.5. The van der Waals surface area contributed by atoms with Crippen molar-refractivity contribution in [2.24, 2.45) is 5.92 Å². The topological polar surface area (TPSA) is 65.1 Å². The largest absolute Gasteiger partial charge is 0.494 e. The van der Waals surface area contributed by atoms with Crippen LogP contribution in [0.4, 0.5) is 5.69 Å². The maximum absolute atomic E-state index is 12.6. The lowest BCUT2D eigenvalue weighted by molar-refractivity contribution is -0.139. The first-order valence-corrected chi connectivity index (χ1v) is 10.6. The summed E-state index contributed by atoms with van der Waals surface area (Å²) in [6.07, 6.45) is 0.129. The molecule has 0 N–H and O–H groups in total. The number of rotatable bonds is 8. The van der Waals surface area contributed by atoms with Crippen molar-refractivity contribution in [2.75, 3.05) is 18.1 Å². The Morgan fingerprint density at radius 1 is 0.875 bits per heavy atom. The highest BCUT2D eigenvalue weighted by molar-refractivity contribution is 5.99. The fourth-order valence-electron chi connectivity index (χ4n) is 3.55. The Balaban J connectivity index is 1.31. The van der Waals surface area contributed by atoms with E-state index in [9.17, 15) is 9.59 Å². The van der Waals surface area contributed by atoms with Gasteiger partial charge in [0.25, 0.3) is 0 Å². The molecule has 3 aromatic carbocycles. The molecular weight excluding hydrogens is 406 g/mol. The minimum atomic E-state index is -0.511. The highest BCUT2D eigenvalue weighted by Crippen LogP contribution is 2.28. The normalized spacial score (nSPS) is 15.5. The van der Waals surface area contributed by atoms with Crippen molar-refractivity contribution < 1.29 is 23.8 Å². The highest BCUT2D eigenvalue weighted by Gasteiger charge is 2.36. The van der Waals surface area contributed by atoms with Crippen LogP contribution in [-0.2, 0) is 16.2 Å². The standard InChI is InChI=1S/C26H25NO5/c1-2-30-22-10-8-21(9-11-22)27-17-20(16-25(27)28)26(29)32-24-14-12-23(13-15-24)31-18-19-6-4-3-5-7-19/h3-15,20H,2,16-18H2,1H3. The molecule has 1 amide bonds. The molecule has 0 radical (unpaired) electrons. The van der Waals surface area contributed by atoms with Crippen LogP contribution >= 0.6 is 0 Å². The number of benzene rings is 3. The first kappa shape index (κ1) is 21.4. The van der Waals surface area contributed by atoms with Gasteiger partial charge in [-0.25, -0.2) is 0 Å². The van der Waals surface area contributed by atoms with Gasteiger partial charge in [0, 0.05) is 18.7 Å². The summed E-state index contributed by atoms with van der Waals surface area (Å²) in [4.78, 5) is 26.7. The predicted octanol–water partition coefficient (Wildman–Crippen LogP) is 4.62. The van der Waals surface area contributed by atoms with Crippen LogP contribution in [0, 0.1) is 5.92 Å². The Bertz CT molecular complexity index is 1050. The van der Waals surface area contributed by atoms with Crippen LogP contribution in [0.5, 0.6) is 17.2 Å². The van der Waals surface area contributed by atoms with E-state index in [0.717, 1.165) is 17.0 Å². The molecule has 0 aromatic heterocycles. The van der Waals surface area contributed by atoms with E-state index in [1.807, 2.05) is 61.5 Å². The number of anilines is 1. The molecule has 1 saturated heterocycles.